The van der Waals surface area contributed by atoms with Gasteiger partial charge in [-0.05, 0) is 36.6 Å². The summed E-state index contributed by atoms with van der Waals surface area (Å²) in [7, 11) is 1.60. The summed E-state index contributed by atoms with van der Waals surface area (Å²) < 4.78 is 21.1. The molecule has 6 heteroatoms. The van der Waals surface area contributed by atoms with Crippen LogP contribution in [0.1, 0.15) is 35.7 Å². The van der Waals surface area contributed by atoms with E-state index in [1.165, 1.54) is 30.5 Å². The molecule has 0 unspecified atom stereocenters. The monoisotopic (exact) mass is 369 g/mol. The molecule has 0 atom stereocenters. The second-order valence-electron chi connectivity index (χ2n) is 6.43. The highest BCUT2D eigenvalue weighted by molar-refractivity contribution is 7.98. The molecule has 0 bridgehead atoms. The second kappa shape index (κ2) is 7.50. The average molecular weight is 369 g/mol. The fourth-order valence-electron chi connectivity index (χ4n) is 2.97. The SMILES string of the molecule is COc1ccc(F)cc1CSc1nnc(C2CC2)n1Cc1ccccc1. The number of rotatable bonds is 7. The van der Waals surface area contributed by atoms with Crippen LogP contribution in [0.2, 0.25) is 0 Å². The van der Waals surface area contributed by atoms with Crippen LogP contribution in [0.25, 0.3) is 0 Å². The maximum absolute atomic E-state index is 13.6. The standard InChI is InChI=1S/C20H20FN3OS/c1-25-18-10-9-17(21)11-16(18)13-26-20-23-22-19(15-7-8-15)24(20)12-14-5-3-2-4-6-14/h2-6,9-11,15H,7-8,12-13H2,1H3. The molecular weight excluding hydrogens is 349 g/mol. The predicted molar refractivity (Wildman–Crippen MR) is 100 cm³/mol. The van der Waals surface area contributed by atoms with E-state index in [4.69, 9.17) is 4.74 Å². The first-order valence-corrected chi connectivity index (χ1v) is 9.65. The molecule has 1 fully saturated rings. The third-order valence-corrected chi connectivity index (χ3v) is 5.49. The quantitative estimate of drug-likeness (QED) is 0.569. The van der Waals surface area contributed by atoms with Crippen LogP contribution in [0.3, 0.4) is 0 Å². The van der Waals surface area contributed by atoms with Crippen molar-refractivity contribution in [1.29, 1.82) is 0 Å². The zero-order valence-corrected chi connectivity index (χ0v) is 15.4. The van der Waals surface area contributed by atoms with E-state index in [0.717, 1.165) is 23.1 Å². The Morgan fingerprint density at radius 3 is 2.69 bits per heavy atom. The van der Waals surface area contributed by atoms with Gasteiger partial charge in [-0.2, -0.15) is 0 Å². The molecule has 0 aliphatic heterocycles. The number of thioether (sulfide) groups is 1. The van der Waals surface area contributed by atoms with Crippen molar-refractivity contribution < 1.29 is 9.13 Å². The first-order chi connectivity index (χ1) is 12.7. The van der Waals surface area contributed by atoms with E-state index in [1.807, 2.05) is 18.2 Å². The molecule has 1 aliphatic rings. The molecule has 3 aromatic rings. The lowest BCUT2D eigenvalue weighted by molar-refractivity contribution is 0.410. The molecule has 0 radical (unpaired) electrons. The Balaban J connectivity index is 1.58. The second-order valence-corrected chi connectivity index (χ2v) is 7.37. The maximum Gasteiger partial charge on any atom is 0.191 e. The van der Waals surface area contributed by atoms with E-state index in [-0.39, 0.29) is 5.82 Å². The summed E-state index contributed by atoms with van der Waals surface area (Å²) in [6.45, 7) is 0.752. The minimum Gasteiger partial charge on any atom is -0.496 e. The molecule has 0 saturated heterocycles. The molecule has 2 aromatic carbocycles. The van der Waals surface area contributed by atoms with E-state index in [1.54, 1.807) is 24.9 Å². The van der Waals surface area contributed by atoms with Crippen molar-refractivity contribution >= 4 is 11.8 Å². The summed E-state index contributed by atoms with van der Waals surface area (Å²) in [6.07, 6.45) is 2.35. The van der Waals surface area contributed by atoms with Gasteiger partial charge >= 0.3 is 0 Å². The average Bonchev–Trinajstić information content (AvgIpc) is 3.43. The summed E-state index contributed by atoms with van der Waals surface area (Å²) in [6, 6.07) is 14.9. The summed E-state index contributed by atoms with van der Waals surface area (Å²) in [5.41, 5.74) is 2.04. The molecule has 0 amide bonds. The third-order valence-electron chi connectivity index (χ3n) is 4.47. The molecule has 0 spiro atoms. The Labute approximate surface area is 156 Å². The van der Waals surface area contributed by atoms with Gasteiger partial charge < -0.3 is 9.30 Å². The number of benzene rings is 2. The number of hydrogen-bond donors (Lipinski definition) is 0. The summed E-state index contributed by atoms with van der Waals surface area (Å²) in [4.78, 5) is 0. The molecule has 0 N–H and O–H groups in total. The number of hydrogen-bond acceptors (Lipinski definition) is 4. The van der Waals surface area contributed by atoms with Gasteiger partial charge in [0.25, 0.3) is 0 Å². The summed E-state index contributed by atoms with van der Waals surface area (Å²) >= 11 is 1.57. The van der Waals surface area contributed by atoms with Crippen molar-refractivity contribution in [3.8, 4) is 5.75 Å². The first-order valence-electron chi connectivity index (χ1n) is 8.67. The fourth-order valence-corrected chi connectivity index (χ4v) is 3.89. The molecule has 1 saturated carbocycles. The zero-order valence-electron chi connectivity index (χ0n) is 14.6. The van der Waals surface area contributed by atoms with E-state index < -0.39 is 0 Å². The Bertz CT molecular complexity index is 893. The molecule has 1 heterocycles. The van der Waals surface area contributed by atoms with Crippen molar-refractivity contribution in [2.45, 2.75) is 36.2 Å². The highest BCUT2D eigenvalue weighted by atomic mass is 32.2. The largest absolute Gasteiger partial charge is 0.496 e. The molecule has 1 aromatic heterocycles. The van der Waals surface area contributed by atoms with Crippen LogP contribution in [-0.2, 0) is 12.3 Å². The van der Waals surface area contributed by atoms with Gasteiger partial charge in [0.2, 0.25) is 0 Å². The zero-order chi connectivity index (χ0) is 17.9. The molecule has 4 nitrogen and oxygen atoms in total. The lowest BCUT2D eigenvalue weighted by atomic mass is 10.2. The van der Waals surface area contributed by atoms with Crippen molar-refractivity contribution in [2.24, 2.45) is 0 Å². The van der Waals surface area contributed by atoms with E-state index in [9.17, 15) is 4.39 Å². The minimum atomic E-state index is -0.258. The lowest BCUT2D eigenvalue weighted by Crippen LogP contribution is -2.06. The smallest absolute Gasteiger partial charge is 0.191 e. The Kier molecular flexibility index (Phi) is 4.93. The van der Waals surface area contributed by atoms with Gasteiger partial charge in [0.1, 0.15) is 17.4 Å². The van der Waals surface area contributed by atoms with Crippen LogP contribution in [-0.4, -0.2) is 21.9 Å². The van der Waals surface area contributed by atoms with Crippen molar-refractivity contribution in [3.63, 3.8) is 0 Å². The van der Waals surface area contributed by atoms with E-state index in [2.05, 4.69) is 26.9 Å². The minimum absolute atomic E-state index is 0.258. The Morgan fingerprint density at radius 1 is 1.15 bits per heavy atom. The number of ether oxygens (including phenoxy) is 1. The van der Waals surface area contributed by atoms with Gasteiger partial charge in [-0.3, -0.25) is 0 Å². The van der Waals surface area contributed by atoms with E-state index >= 15 is 0 Å². The maximum atomic E-state index is 13.6. The topological polar surface area (TPSA) is 39.9 Å². The summed E-state index contributed by atoms with van der Waals surface area (Å²) in [5, 5.41) is 9.70. The number of nitrogens with zero attached hydrogens (tertiary/aromatic N) is 3. The highest BCUT2D eigenvalue weighted by Crippen LogP contribution is 2.40. The normalized spacial score (nSPS) is 13.8. The van der Waals surface area contributed by atoms with Gasteiger partial charge in [0, 0.05) is 17.2 Å². The fraction of sp³-hybridized carbons (Fsp3) is 0.300. The Hall–Kier alpha value is -2.34. The highest BCUT2D eigenvalue weighted by Gasteiger charge is 2.30. The number of aromatic nitrogens is 3. The predicted octanol–water partition coefficient (Wildman–Crippen LogP) is 4.64. The van der Waals surface area contributed by atoms with Gasteiger partial charge in [-0.15, -0.1) is 10.2 Å². The molecule has 1 aliphatic carbocycles. The van der Waals surface area contributed by atoms with Crippen LogP contribution in [0.15, 0.2) is 53.7 Å². The van der Waals surface area contributed by atoms with Crippen LogP contribution < -0.4 is 4.74 Å². The van der Waals surface area contributed by atoms with E-state index in [0.29, 0.717) is 17.4 Å². The molecule has 4 rings (SSSR count). The van der Waals surface area contributed by atoms with Gasteiger partial charge in [0.15, 0.2) is 5.16 Å². The van der Waals surface area contributed by atoms with Crippen molar-refractivity contribution in [1.82, 2.24) is 14.8 Å². The number of methoxy groups -OCH3 is 1. The molecule has 134 valence electrons. The van der Waals surface area contributed by atoms with Gasteiger partial charge in [-0.25, -0.2) is 4.39 Å². The molecular formula is C20H20FN3OS. The van der Waals surface area contributed by atoms with Crippen molar-refractivity contribution in [3.05, 3.63) is 71.3 Å². The van der Waals surface area contributed by atoms with Crippen LogP contribution in [0.5, 0.6) is 5.75 Å². The first kappa shape index (κ1) is 17.1. The third kappa shape index (κ3) is 3.75. The van der Waals surface area contributed by atoms with Gasteiger partial charge in [-0.1, -0.05) is 42.1 Å². The lowest BCUT2D eigenvalue weighted by Gasteiger charge is -2.11. The van der Waals surface area contributed by atoms with Crippen LogP contribution in [0.4, 0.5) is 4.39 Å². The van der Waals surface area contributed by atoms with Crippen molar-refractivity contribution in [2.75, 3.05) is 7.11 Å². The van der Waals surface area contributed by atoms with Crippen LogP contribution >= 0.6 is 11.8 Å². The Morgan fingerprint density at radius 2 is 1.96 bits per heavy atom. The molecule has 26 heavy (non-hydrogen) atoms. The van der Waals surface area contributed by atoms with Crippen LogP contribution in [0, 0.1) is 5.82 Å². The summed E-state index contributed by atoms with van der Waals surface area (Å²) in [5.74, 6) is 2.59. The number of halogens is 1. The van der Waals surface area contributed by atoms with Gasteiger partial charge in [0.05, 0.1) is 13.7 Å².